The SMILES string of the molecule is C=C(Cl)/C(=C\C=C(\C)I)NC(=O)C[C@H](CCC(=O)O)c1noc(-c2ccc(CC(C)C)cc2)c1C1CC1. The number of aromatic nitrogens is 1. The molecule has 1 saturated carbocycles. The fourth-order valence-corrected chi connectivity index (χ4v) is 4.59. The first-order chi connectivity index (χ1) is 17.5. The van der Waals surface area contributed by atoms with Crippen molar-refractivity contribution in [3.05, 3.63) is 74.1 Å². The van der Waals surface area contributed by atoms with Crippen molar-refractivity contribution >= 4 is 46.1 Å². The Balaban J connectivity index is 1.90. The molecule has 0 bridgehead atoms. The number of hydrogen-bond acceptors (Lipinski definition) is 4. The van der Waals surface area contributed by atoms with E-state index in [4.69, 9.17) is 16.1 Å². The van der Waals surface area contributed by atoms with Gasteiger partial charge in [0.05, 0.1) is 16.4 Å². The minimum Gasteiger partial charge on any atom is -0.481 e. The van der Waals surface area contributed by atoms with Gasteiger partial charge < -0.3 is 14.9 Å². The van der Waals surface area contributed by atoms with Crippen LogP contribution in [0.15, 0.2) is 61.8 Å². The van der Waals surface area contributed by atoms with Crippen molar-refractivity contribution < 1.29 is 19.2 Å². The zero-order valence-corrected chi connectivity index (χ0v) is 24.4. The number of hydrogen-bond donors (Lipinski definition) is 2. The van der Waals surface area contributed by atoms with E-state index in [1.54, 1.807) is 6.08 Å². The number of carbonyl (C=O) groups is 2. The summed E-state index contributed by atoms with van der Waals surface area (Å²) in [6.45, 7) is 10.0. The largest absolute Gasteiger partial charge is 0.481 e. The van der Waals surface area contributed by atoms with E-state index in [2.05, 4.69) is 77.8 Å². The molecule has 0 radical (unpaired) electrons. The fourth-order valence-electron chi connectivity index (χ4n) is 4.30. The Morgan fingerprint density at radius 2 is 1.95 bits per heavy atom. The summed E-state index contributed by atoms with van der Waals surface area (Å²) < 4.78 is 6.89. The molecular formula is C29H34ClIN2O4. The van der Waals surface area contributed by atoms with Crippen molar-refractivity contribution in [2.24, 2.45) is 5.92 Å². The van der Waals surface area contributed by atoms with Gasteiger partial charge in [0, 0.05) is 29.9 Å². The van der Waals surface area contributed by atoms with E-state index in [-0.39, 0.29) is 30.2 Å². The summed E-state index contributed by atoms with van der Waals surface area (Å²) in [5.74, 6) is -0.0222. The number of carboxylic acid groups (broad SMARTS) is 1. The second-order valence-electron chi connectivity index (χ2n) is 10.0. The van der Waals surface area contributed by atoms with E-state index < -0.39 is 11.9 Å². The van der Waals surface area contributed by atoms with Gasteiger partial charge in [0.25, 0.3) is 0 Å². The van der Waals surface area contributed by atoms with Crippen LogP contribution in [-0.4, -0.2) is 22.1 Å². The molecule has 37 heavy (non-hydrogen) atoms. The molecule has 1 aliphatic carbocycles. The van der Waals surface area contributed by atoms with Crippen molar-refractivity contribution in [2.45, 2.75) is 71.1 Å². The number of benzene rings is 1. The van der Waals surface area contributed by atoms with Gasteiger partial charge in [0.1, 0.15) is 0 Å². The lowest BCUT2D eigenvalue weighted by molar-refractivity contribution is -0.137. The summed E-state index contributed by atoms with van der Waals surface area (Å²) in [5, 5.41) is 16.8. The van der Waals surface area contributed by atoms with Gasteiger partial charge in [0.2, 0.25) is 5.91 Å². The molecule has 3 rings (SSSR count). The number of allylic oxidation sites excluding steroid dienone is 4. The van der Waals surface area contributed by atoms with E-state index in [1.807, 2.05) is 13.0 Å². The molecule has 6 nitrogen and oxygen atoms in total. The van der Waals surface area contributed by atoms with E-state index in [0.29, 0.717) is 29.0 Å². The molecule has 0 spiro atoms. The van der Waals surface area contributed by atoms with Crippen molar-refractivity contribution in [2.75, 3.05) is 0 Å². The number of carboxylic acids is 1. The van der Waals surface area contributed by atoms with Crippen molar-refractivity contribution in [3.8, 4) is 11.3 Å². The quantitative estimate of drug-likeness (QED) is 0.173. The van der Waals surface area contributed by atoms with Crippen LogP contribution in [0.25, 0.3) is 11.3 Å². The number of aliphatic carboxylic acids is 1. The van der Waals surface area contributed by atoms with Gasteiger partial charge in [-0.3, -0.25) is 9.59 Å². The molecule has 1 aliphatic rings. The highest BCUT2D eigenvalue weighted by atomic mass is 127. The number of nitrogens with zero attached hydrogens (tertiary/aromatic N) is 1. The van der Waals surface area contributed by atoms with E-state index in [1.165, 1.54) is 5.56 Å². The highest BCUT2D eigenvalue weighted by molar-refractivity contribution is 14.1. The first-order valence-electron chi connectivity index (χ1n) is 12.5. The van der Waals surface area contributed by atoms with Crippen LogP contribution in [0.1, 0.15) is 81.5 Å². The molecule has 1 amide bonds. The average Bonchev–Trinajstić information content (AvgIpc) is 3.57. The molecule has 1 heterocycles. The van der Waals surface area contributed by atoms with Gasteiger partial charge >= 0.3 is 5.97 Å². The molecule has 8 heteroatoms. The molecule has 1 fully saturated rings. The lowest BCUT2D eigenvalue weighted by Gasteiger charge is -2.16. The highest BCUT2D eigenvalue weighted by Crippen LogP contribution is 2.48. The maximum absolute atomic E-state index is 13.0. The van der Waals surface area contributed by atoms with Crippen LogP contribution in [-0.2, 0) is 16.0 Å². The molecule has 0 aliphatic heterocycles. The first-order valence-corrected chi connectivity index (χ1v) is 14.0. The van der Waals surface area contributed by atoms with Crippen LogP contribution >= 0.6 is 34.2 Å². The van der Waals surface area contributed by atoms with Gasteiger partial charge in [-0.1, -0.05) is 67.5 Å². The number of amides is 1. The van der Waals surface area contributed by atoms with Crippen LogP contribution in [0, 0.1) is 5.92 Å². The Bertz CT molecular complexity index is 1190. The summed E-state index contributed by atoms with van der Waals surface area (Å²) in [7, 11) is 0. The Labute approximate surface area is 237 Å². The third-order valence-corrected chi connectivity index (χ3v) is 6.74. The molecule has 0 unspecified atom stereocenters. The van der Waals surface area contributed by atoms with Gasteiger partial charge in [-0.2, -0.15) is 0 Å². The molecule has 1 aromatic heterocycles. The van der Waals surface area contributed by atoms with Crippen molar-refractivity contribution in [1.82, 2.24) is 10.5 Å². The smallest absolute Gasteiger partial charge is 0.303 e. The lowest BCUT2D eigenvalue weighted by Crippen LogP contribution is -2.25. The average molecular weight is 637 g/mol. The molecule has 2 aromatic rings. The highest BCUT2D eigenvalue weighted by Gasteiger charge is 2.36. The van der Waals surface area contributed by atoms with Crippen molar-refractivity contribution in [3.63, 3.8) is 0 Å². The van der Waals surface area contributed by atoms with Gasteiger partial charge in [-0.05, 0) is 82.3 Å². The van der Waals surface area contributed by atoms with Gasteiger partial charge in [-0.25, -0.2) is 0 Å². The Kier molecular flexibility index (Phi) is 10.6. The Hall–Kier alpha value is -2.39. The monoisotopic (exact) mass is 636 g/mol. The van der Waals surface area contributed by atoms with Crippen LogP contribution in [0.3, 0.4) is 0 Å². The summed E-state index contributed by atoms with van der Waals surface area (Å²) in [6.07, 6.45) is 6.83. The maximum atomic E-state index is 13.0. The predicted octanol–water partition coefficient (Wildman–Crippen LogP) is 7.85. The molecular weight excluding hydrogens is 603 g/mol. The second kappa shape index (κ2) is 13.4. The molecule has 2 N–H and O–H groups in total. The zero-order chi connectivity index (χ0) is 27.1. The summed E-state index contributed by atoms with van der Waals surface area (Å²) in [6, 6.07) is 8.34. The summed E-state index contributed by atoms with van der Waals surface area (Å²) in [4.78, 5) is 24.5. The van der Waals surface area contributed by atoms with Crippen LogP contribution < -0.4 is 5.32 Å². The molecule has 1 atom stereocenters. The van der Waals surface area contributed by atoms with E-state index >= 15 is 0 Å². The number of rotatable bonds is 13. The topological polar surface area (TPSA) is 92.4 Å². The van der Waals surface area contributed by atoms with Crippen LogP contribution in [0.4, 0.5) is 0 Å². The summed E-state index contributed by atoms with van der Waals surface area (Å²) >= 11 is 8.26. The summed E-state index contributed by atoms with van der Waals surface area (Å²) in [5.41, 5.74) is 4.29. The van der Waals surface area contributed by atoms with E-state index in [9.17, 15) is 14.7 Å². The van der Waals surface area contributed by atoms with Gasteiger partial charge in [0.15, 0.2) is 5.76 Å². The third kappa shape index (κ3) is 8.85. The van der Waals surface area contributed by atoms with Crippen LogP contribution in [0.2, 0.25) is 0 Å². The third-order valence-electron chi connectivity index (χ3n) is 6.17. The first kappa shape index (κ1) is 29.2. The Morgan fingerprint density at radius 3 is 2.49 bits per heavy atom. The normalized spacial score (nSPS) is 15.1. The number of carbonyl (C=O) groups excluding carboxylic acids is 1. The maximum Gasteiger partial charge on any atom is 0.303 e. The number of nitrogens with one attached hydrogen (secondary N) is 1. The predicted molar refractivity (Wildman–Crippen MR) is 156 cm³/mol. The second-order valence-corrected chi connectivity index (χ2v) is 12.2. The Morgan fingerprint density at radius 1 is 1.27 bits per heavy atom. The lowest BCUT2D eigenvalue weighted by atomic mass is 9.89. The fraction of sp³-hybridized carbons (Fsp3) is 0.414. The van der Waals surface area contributed by atoms with Crippen molar-refractivity contribution in [1.29, 1.82) is 0 Å². The minimum atomic E-state index is -0.916. The standard InChI is InChI=1S/C29H34ClIN2O4/c1-17(2)15-20-6-8-22(9-7-20)29-27(21-10-11-21)28(33-37-29)23(12-14-26(35)36)16-25(34)32-24(19(4)30)13-5-18(3)31/h5-9,13,17,21,23H,4,10-12,14-16H2,1-3H3,(H,32,34)(H,35,36)/b18-5-,24-13+/t23-/m0/s1. The minimum absolute atomic E-state index is 0.0563. The molecule has 0 saturated heterocycles. The number of halogens is 2. The zero-order valence-electron chi connectivity index (χ0n) is 21.5. The van der Waals surface area contributed by atoms with E-state index in [0.717, 1.165) is 34.0 Å². The van der Waals surface area contributed by atoms with Gasteiger partial charge in [-0.15, -0.1) is 0 Å². The van der Waals surface area contributed by atoms with Crippen LogP contribution in [0.5, 0.6) is 0 Å². The molecule has 1 aromatic carbocycles. The molecule has 198 valence electrons.